The molecule has 0 aromatic heterocycles. The van der Waals surface area contributed by atoms with Crippen molar-refractivity contribution in [2.24, 2.45) is 0 Å². The molecule has 0 saturated carbocycles. The molecule has 3 nitrogen and oxygen atoms in total. The molecule has 0 aliphatic heterocycles. The summed E-state index contributed by atoms with van der Waals surface area (Å²) in [6.07, 6.45) is 0. The molecule has 0 unspecified atom stereocenters. The summed E-state index contributed by atoms with van der Waals surface area (Å²) in [4.78, 5) is 24.4. The summed E-state index contributed by atoms with van der Waals surface area (Å²) in [6, 6.07) is 12.0. The molecule has 2 aromatic carbocycles. The van der Waals surface area contributed by atoms with Gasteiger partial charge in [-0.2, -0.15) is 0 Å². The number of carbonyl (C=O) groups excluding carboxylic acids is 2. The van der Waals surface area contributed by atoms with Crippen LogP contribution in [-0.2, 0) is 4.79 Å². The maximum Gasteiger partial charge on any atom is 0.237 e. The van der Waals surface area contributed by atoms with Crippen molar-refractivity contribution < 1.29 is 9.59 Å². The molecule has 0 aliphatic rings. The van der Waals surface area contributed by atoms with E-state index in [9.17, 15) is 9.59 Å². The molecular weight excluding hydrogens is 353 g/mol. The van der Waals surface area contributed by atoms with Crippen molar-refractivity contribution in [3.8, 4) is 0 Å². The van der Waals surface area contributed by atoms with E-state index in [2.05, 4.69) is 5.32 Å². The summed E-state index contributed by atoms with van der Waals surface area (Å²) in [7, 11) is 0. The fourth-order valence-corrected chi connectivity index (χ4v) is 3.28. The van der Waals surface area contributed by atoms with Gasteiger partial charge in [-0.15, -0.1) is 11.8 Å². The van der Waals surface area contributed by atoms with Crippen LogP contribution in [0.25, 0.3) is 0 Å². The predicted molar refractivity (Wildman–Crippen MR) is 96.9 cm³/mol. The van der Waals surface area contributed by atoms with Gasteiger partial charge in [-0.3, -0.25) is 9.59 Å². The van der Waals surface area contributed by atoms with Gasteiger partial charge >= 0.3 is 0 Å². The largest absolute Gasteiger partial charge is 0.325 e. The summed E-state index contributed by atoms with van der Waals surface area (Å²) in [5.74, 6) is -0.221. The van der Waals surface area contributed by atoms with Crippen LogP contribution in [0.5, 0.6) is 0 Å². The SMILES string of the molecule is CC(=O)c1cccc(NC(=O)[C@H](C)Sc2cc(Cl)ccc2Cl)c1. The van der Waals surface area contributed by atoms with E-state index in [1.807, 2.05) is 0 Å². The normalized spacial score (nSPS) is 11.8. The van der Waals surface area contributed by atoms with Gasteiger partial charge < -0.3 is 5.32 Å². The maximum atomic E-state index is 12.3. The van der Waals surface area contributed by atoms with Gasteiger partial charge in [0.2, 0.25) is 5.91 Å². The maximum absolute atomic E-state index is 12.3. The van der Waals surface area contributed by atoms with E-state index in [1.165, 1.54) is 18.7 Å². The Morgan fingerprint density at radius 1 is 1.13 bits per heavy atom. The molecule has 23 heavy (non-hydrogen) atoms. The number of ketones is 1. The molecule has 2 rings (SSSR count). The molecular formula is C17H15Cl2NO2S. The van der Waals surface area contributed by atoms with E-state index in [4.69, 9.17) is 23.2 Å². The second-order valence-corrected chi connectivity index (χ2v) is 7.19. The summed E-state index contributed by atoms with van der Waals surface area (Å²) in [6.45, 7) is 3.27. The molecule has 0 heterocycles. The number of hydrogen-bond acceptors (Lipinski definition) is 3. The number of hydrogen-bond donors (Lipinski definition) is 1. The summed E-state index contributed by atoms with van der Waals surface area (Å²) in [5, 5.41) is 3.56. The first kappa shape index (κ1) is 17.9. The highest BCUT2D eigenvalue weighted by atomic mass is 35.5. The second kappa shape index (κ2) is 7.86. The van der Waals surface area contributed by atoms with Crippen LogP contribution in [0.15, 0.2) is 47.4 Å². The van der Waals surface area contributed by atoms with Gasteiger partial charge in [-0.05, 0) is 44.2 Å². The standard InChI is InChI=1S/C17H15Cl2NO2S/c1-10(21)12-4-3-5-14(8-12)20-17(22)11(2)23-16-9-13(18)6-7-15(16)19/h3-9,11H,1-2H3,(H,20,22)/t11-/m0/s1. The first-order valence-corrected chi connectivity index (χ1v) is 8.54. The molecule has 1 N–H and O–H groups in total. The first-order valence-electron chi connectivity index (χ1n) is 6.90. The van der Waals surface area contributed by atoms with Crippen LogP contribution >= 0.6 is 35.0 Å². The highest BCUT2D eigenvalue weighted by Gasteiger charge is 2.16. The van der Waals surface area contributed by atoms with E-state index in [1.54, 1.807) is 49.4 Å². The van der Waals surface area contributed by atoms with Crippen molar-refractivity contribution in [3.05, 3.63) is 58.1 Å². The zero-order valence-electron chi connectivity index (χ0n) is 12.6. The molecule has 120 valence electrons. The molecule has 2 aromatic rings. The number of amides is 1. The van der Waals surface area contributed by atoms with Crippen LogP contribution in [0.3, 0.4) is 0 Å². The van der Waals surface area contributed by atoms with Crippen LogP contribution in [0.4, 0.5) is 5.69 Å². The number of carbonyl (C=O) groups is 2. The molecule has 6 heteroatoms. The summed E-state index contributed by atoms with van der Waals surface area (Å²) in [5.41, 5.74) is 1.15. The molecule has 0 spiro atoms. The Kier molecular flexibility index (Phi) is 6.10. The Labute approximate surface area is 149 Å². The topological polar surface area (TPSA) is 46.2 Å². The molecule has 1 atom stereocenters. The van der Waals surface area contributed by atoms with Crippen LogP contribution < -0.4 is 5.32 Å². The number of thioether (sulfide) groups is 1. The highest BCUT2D eigenvalue weighted by molar-refractivity contribution is 8.00. The second-order valence-electron chi connectivity index (χ2n) is 4.96. The van der Waals surface area contributed by atoms with E-state index < -0.39 is 0 Å². The lowest BCUT2D eigenvalue weighted by atomic mass is 10.1. The van der Waals surface area contributed by atoms with Crippen LogP contribution in [0.2, 0.25) is 10.0 Å². The Morgan fingerprint density at radius 2 is 1.87 bits per heavy atom. The van der Waals surface area contributed by atoms with Gasteiger partial charge in [0.1, 0.15) is 0 Å². The zero-order chi connectivity index (χ0) is 17.0. The monoisotopic (exact) mass is 367 g/mol. The lowest BCUT2D eigenvalue weighted by Gasteiger charge is -2.13. The minimum absolute atomic E-state index is 0.0470. The third-order valence-corrected chi connectivity index (χ3v) is 4.94. The predicted octanol–water partition coefficient (Wildman–Crippen LogP) is 5.32. The number of halogens is 2. The van der Waals surface area contributed by atoms with E-state index in [0.717, 1.165) is 4.90 Å². The van der Waals surface area contributed by atoms with Crippen LogP contribution in [-0.4, -0.2) is 16.9 Å². The fraction of sp³-hybridized carbons (Fsp3) is 0.176. The van der Waals surface area contributed by atoms with Crippen molar-refractivity contribution in [2.45, 2.75) is 24.0 Å². The Bertz CT molecular complexity index is 749. The minimum atomic E-state index is -0.369. The van der Waals surface area contributed by atoms with Crippen molar-refractivity contribution in [1.82, 2.24) is 0 Å². The number of Topliss-reactive ketones (excluding diaryl/α,β-unsaturated/α-hetero) is 1. The highest BCUT2D eigenvalue weighted by Crippen LogP contribution is 2.33. The first-order chi connectivity index (χ1) is 10.9. The zero-order valence-corrected chi connectivity index (χ0v) is 14.9. The van der Waals surface area contributed by atoms with Gasteiger partial charge in [0, 0.05) is 21.2 Å². The third-order valence-electron chi connectivity index (χ3n) is 3.10. The summed E-state index contributed by atoms with van der Waals surface area (Å²) >= 11 is 13.4. The molecule has 0 bridgehead atoms. The van der Waals surface area contributed by atoms with Crippen LogP contribution in [0, 0.1) is 0 Å². The molecule has 0 saturated heterocycles. The Balaban J connectivity index is 2.07. The van der Waals surface area contributed by atoms with Crippen LogP contribution in [0.1, 0.15) is 24.2 Å². The van der Waals surface area contributed by atoms with E-state index in [-0.39, 0.29) is 16.9 Å². The lowest BCUT2D eigenvalue weighted by Crippen LogP contribution is -2.22. The number of anilines is 1. The Hall–Kier alpha value is -1.49. The quantitative estimate of drug-likeness (QED) is 0.574. The minimum Gasteiger partial charge on any atom is -0.325 e. The van der Waals surface area contributed by atoms with Crippen molar-refractivity contribution >= 4 is 52.3 Å². The molecule has 0 fully saturated rings. The number of benzene rings is 2. The van der Waals surface area contributed by atoms with E-state index in [0.29, 0.717) is 21.3 Å². The third kappa shape index (κ3) is 4.99. The van der Waals surface area contributed by atoms with Gasteiger partial charge in [-0.1, -0.05) is 35.3 Å². The average Bonchev–Trinajstić information content (AvgIpc) is 2.51. The van der Waals surface area contributed by atoms with Crippen molar-refractivity contribution in [2.75, 3.05) is 5.32 Å². The van der Waals surface area contributed by atoms with Gasteiger partial charge in [0.15, 0.2) is 5.78 Å². The molecule has 1 amide bonds. The molecule has 0 radical (unpaired) electrons. The lowest BCUT2D eigenvalue weighted by molar-refractivity contribution is -0.115. The van der Waals surface area contributed by atoms with Gasteiger partial charge in [0.25, 0.3) is 0 Å². The summed E-state index contributed by atoms with van der Waals surface area (Å²) < 4.78 is 0. The van der Waals surface area contributed by atoms with Gasteiger partial charge in [0.05, 0.1) is 10.3 Å². The molecule has 0 aliphatic carbocycles. The number of nitrogens with one attached hydrogen (secondary N) is 1. The van der Waals surface area contributed by atoms with Crippen molar-refractivity contribution in [1.29, 1.82) is 0 Å². The number of rotatable bonds is 5. The van der Waals surface area contributed by atoms with Crippen molar-refractivity contribution in [3.63, 3.8) is 0 Å². The van der Waals surface area contributed by atoms with Gasteiger partial charge in [-0.25, -0.2) is 0 Å². The average molecular weight is 368 g/mol. The smallest absolute Gasteiger partial charge is 0.237 e. The Morgan fingerprint density at radius 3 is 2.57 bits per heavy atom. The fourth-order valence-electron chi connectivity index (χ4n) is 1.87. The van der Waals surface area contributed by atoms with E-state index >= 15 is 0 Å².